The topological polar surface area (TPSA) is 38.3 Å². The van der Waals surface area contributed by atoms with Crippen LogP contribution in [-0.2, 0) is 4.79 Å². The van der Waals surface area contributed by atoms with Crippen LogP contribution in [0, 0.1) is 5.82 Å². The van der Waals surface area contributed by atoms with Gasteiger partial charge in [0.05, 0.1) is 0 Å². The number of hydrogen-bond acceptors (Lipinski definition) is 2. The first-order valence-electron chi connectivity index (χ1n) is 3.67. The van der Waals surface area contributed by atoms with Crippen molar-refractivity contribution >= 4 is 11.6 Å². The van der Waals surface area contributed by atoms with Gasteiger partial charge in [0.1, 0.15) is 5.69 Å². The quantitative estimate of drug-likeness (QED) is 0.697. The van der Waals surface area contributed by atoms with Crippen molar-refractivity contribution in [1.82, 2.24) is 0 Å². The Bertz CT molecular complexity index is 406. The summed E-state index contributed by atoms with van der Waals surface area (Å²) in [5.41, 5.74) is -0.358. The lowest BCUT2D eigenvalue weighted by Gasteiger charge is -2.24. The summed E-state index contributed by atoms with van der Waals surface area (Å²) in [5, 5.41) is 1.73. The van der Waals surface area contributed by atoms with Crippen LogP contribution in [-0.4, -0.2) is 12.0 Å². The maximum atomic E-state index is 13.0. The Morgan fingerprint density at radius 1 is 1.36 bits per heavy atom. The zero-order valence-electron chi connectivity index (χ0n) is 6.68. The van der Waals surface area contributed by atoms with Crippen molar-refractivity contribution in [2.24, 2.45) is 0 Å². The van der Waals surface area contributed by atoms with E-state index in [2.05, 4.69) is 4.74 Å². The number of fused-ring (bicyclic) bond motifs is 1. The fourth-order valence-electron chi connectivity index (χ4n) is 1.08. The molecule has 74 valence electrons. The first-order chi connectivity index (χ1) is 6.50. The van der Waals surface area contributed by atoms with E-state index in [4.69, 9.17) is 0 Å². The summed E-state index contributed by atoms with van der Waals surface area (Å²) in [7, 11) is 0. The number of rotatable bonds is 0. The molecule has 0 saturated heterocycles. The van der Waals surface area contributed by atoms with E-state index < -0.39 is 17.8 Å². The van der Waals surface area contributed by atoms with Gasteiger partial charge in [-0.2, -0.15) is 8.78 Å². The predicted molar refractivity (Wildman–Crippen MR) is 40.6 cm³/mol. The number of para-hydroxylation sites is 1. The number of amides is 1. The molecular weight excluding hydrogens is 199 g/mol. The van der Waals surface area contributed by atoms with Gasteiger partial charge in [-0.05, 0) is 12.1 Å². The second-order valence-corrected chi connectivity index (χ2v) is 2.69. The SMILES string of the molecule is O=C1Nc2c(F)cccc2OC1(F)F. The summed E-state index contributed by atoms with van der Waals surface area (Å²) >= 11 is 0. The van der Waals surface area contributed by atoms with Gasteiger partial charge in [0, 0.05) is 0 Å². The summed E-state index contributed by atoms with van der Waals surface area (Å²) in [4.78, 5) is 10.7. The van der Waals surface area contributed by atoms with Crippen LogP contribution in [0.3, 0.4) is 0 Å². The highest BCUT2D eigenvalue weighted by molar-refractivity contribution is 5.98. The second-order valence-electron chi connectivity index (χ2n) is 2.69. The molecule has 6 heteroatoms. The minimum Gasteiger partial charge on any atom is -0.423 e. The lowest BCUT2D eigenvalue weighted by Crippen LogP contribution is -2.43. The van der Waals surface area contributed by atoms with Crippen LogP contribution in [0.2, 0.25) is 0 Å². The van der Waals surface area contributed by atoms with Crippen LogP contribution in [0.4, 0.5) is 18.9 Å². The zero-order chi connectivity index (χ0) is 10.3. The minimum absolute atomic E-state index is 0.358. The standard InChI is InChI=1S/C8H4F3NO2/c9-4-2-1-3-5-6(4)12-7(13)8(10,11)14-5/h1-3H,(H,12,13). The molecule has 2 rings (SSSR count). The number of carbonyl (C=O) groups excluding carboxylic acids is 1. The molecule has 0 spiro atoms. The minimum atomic E-state index is -3.94. The Morgan fingerprint density at radius 3 is 2.79 bits per heavy atom. The Hall–Kier alpha value is -1.72. The molecule has 0 aliphatic carbocycles. The van der Waals surface area contributed by atoms with Crippen molar-refractivity contribution in [2.75, 3.05) is 5.32 Å². The molecular formula is C8H4F3NO2. The Balaban J connectivity index is 2.51. The van der Waals surface area contributed by atoms with Gasteiger partial charge in [-0.25, -0.2) is 4.39 Å². The summed E-state index contributed by atoms with van der Waals surface area (Å²) in [5.74, 6) is -2.86. The number of benzene rings is 1. The van der Waals surface area contributed by atoms with Gasteiger partial charge >= 0.3 is 12.0 Å². The van der Waals surface area contributed by atoms with Gasteiger partial charge in [-0.1, -0.05) is 6.07 Å². The number of carbonyl (C=O) groups is 1. The summed E-state index contributed by atoms with van der Waals surface area (Å²) in [6, 6.07) is 3.39. The van der Waals surface area contributed by atoms with Crippen LogP contribution in [0.25, 0.3) is 0 Å². The molecule has 0 fully saturated rings. The van der Waals surface area contributed by atoms with E-state index in [1.165, 1.54) is 6.07 Å². The number of anilines is 1. The van der Waals surface area contributed by atoms with E-state index in [9.17, 15) is 18.0 Å². The van der Waals surface area contributed by atoms with E-state index in [1.54, 1.807) is 5.32 Å². The summed E-state index contributed by atoms with van der Waals surface area (Å²) in [6.07, 6.45) is -3.94. The number of halogens is 3. The Morgan fingerprint density at radius 2 is 2.07 bits per heavy atom. The third-order valence-corrected chi connectivity index (χ3v) is 1.72. The van der Waals surface area contributed by atoms with E-state index in [0.29, 0.717) is 0 Å². The van der Waals surface area contributed by atoms with Gasteiger partial charge in [0.15, 0.2) is 11.6 Å². The highest BCUT2D eigenvalue weighted by Gasteiger charge is 2.46. The van der Waals surface area contributed by atoms with Crippen molar-refractivity contribution in [3.63, 3.8) is 0 Å². The van der Waals surface area contributed by atoms with Crippen LogP contribution < -0.4 is 10.1 Å². The molecule has 1 aromatic rings. The molecule has 0 radical (unpaired) electrons. The third-order valence-electron chi connectivity index (χ3n) is 1.72. The van der Waals surface area contributed by atoms with Gasteiger partial charge in [-0.15, -0.1) is 0 Å². The smallest absolute Gasteiger partial charge is 0.423 e. The number of ether oxygens (including phenoxy) is 1. The molecule has 0 atom stereocenters. The molecule has 0 saturated carbocycles. The number of nitrogens with one attached hydrogen (secondary N) is 1. The first kappa shape index (κ1) is 8.86. The molecule has 14 heavy (non-hydrogen) atoms. The van der Waals surface area contributed by atoms with Crippen LogP contribution in [0.1, 0.15) is 0 Å². The molecule has 1 N–H and O–H groups in total. The largest absolute Gasteiger partial charge is 0.482 e. The molecule has 1 heterocycles. The highest BCUT2D eigenvalue weighted by atomic mass is 19.3. The van der Waals surface area contributed by atoms with Crippen molar-refractivity contribution in [2.45, 2.75) is 6.11 Å². The average Bonchev–Trinajstić information content (AvgIpc) is 2.08. The molecule has 1 aromatic carbocycles. The van der Waals surface area contributed by atoms with Gasteiger partial charge in [0.25, 0.3) is 0 Å². The van der Waals surface area contributed by atoms with Crippen molar-refractivity contribution < 1.29 is 22.7 Å². The monoisotopic (exact) mass is 203 g/mol. The number of alkyl halides is 2. The van der Waals surface area contributed by atoms with Crippen molar-refractivity contribution in [1.29, 1.82) is 0 Å². The molecule has 1 aliphatic rings. The van der Waals surface area contributed by atoms with Crippen LogP contribution >= 0.6 is 0 Å². The maximum Gasteiger partial charge on any atom is 0.482 e. The molecule has 3 nitrogen and oxygen atoms in total. The van der Waals surface area contributed by atoms with Crippen LogP contribution in [0.5, 0.6) is 5.75 Å². The first-order valence-corrected chi connectivity index (χ1v) is 3.67. The normalized spacial score (nSPS) is 18.1. The maximum absolute atomic E-state index is 13.0. The fraction of sp³-hybridized carbons (Fsp3) is 0.125. The van der Waals surface area contributed by atoms with E-state index >= 15 is 0 Å². The van der Waals surface area contributed by atoms with E-state index in [0.717, 1.165) is 12.1 Å². The number of hydrogen-bond donors (Lipinski definition) is 1. The Kier molecular flexibility index (Phi) is 1.67. The van der Waals surface area contributed by atoms with Gasteiger partial charge < -0.3 is 10.1 Å². The van der Waals surface area contributed by atoms with Gasteiger partial charge in [-0.3, -0.25) is 4.79 Å². The van der Waals surface area contributed by atoms with E-state index in [-0.39, 0.29) is 11.4 Å². The molecule has 1 aliphatic heterocycles. The molecule has 0 bridgehead atoms. The van der Waals surface area contributed by atoms with E-state index in [1.807, 2.05) is 0 Å². The summed E-state index contributed by atoms with van der Waals surface area (Å²) < 4.78 is 42.3. The Labute approximate surface area is 76.5 Å². The van der Waals surface area contributed by atoms with Crippen molar-refractivity contribution in [3.8, 4) is 5.75 Å². The second kappa shape index (κ2) is 2.63. The summed E-state index contributed by atoms with van der Waals surface area (Å²) in [6.45, 7) is 0. The molecule has 1 amide bonds. The van der Waals surface area contributed by atoms with Gasteiger partial charge in [0.2, 0.25) is 0 Å². The lowest BCUT2D eigenvalue weighted by molar-refractivity contribution is -0.189. The molecule has 0 aromatic heterocycles. The zero-order valence-corrected chi connectivity index (χ0v) is 6.68. The van der Waals surface area contributed by atoms with Crippen LogP contribution in [0.15, 0.2) is 18.2 Å². The molecule has 0 unspecified atom stereocenters. The van der Waals surface area contributed by atoms with Crippen molar-refractivity contribution in [3.05, 3.63) is 24.0 Å². The lowest BCUT2D eigenvalue weighted by atomic mass is 10.2. The average molecular weight is 203 g/mol. The fourth-order valence-corrected chi connectivity index (χ4v) is 1.08. The third kappa shape index (κ3) is 1.19. The predicted octanol–water partition coefficient (Wildman–Crippen LogP) is 1.75. The highest BCUT2D eigenvalue weighted by Crippen LogP contribution is 2.36.